The van der Waals surface area contributed by atoms with E-state index in [1.54, 1.807) is 31.2 Å². The van der Waals surface area contributed by atoms with Crippen LogP contribution in [0.3, 0.4) is 0 Å². The lowest BCUT2D eigenvalue weighted by Gasteiger charge is -2.11. The molecule has 1 aromatic carbocycles. The summed E-state index contributed by atoms with van der Waals surface area (Å²) in [5.41, 5.74) is 6.29. The van der Waals surface area contributed by atoms with Crippen LogP contribution in [0.25, 0.3) is 0 Å². The summed E-state index contributed by atoms with van der Waals surface area (Å²) in [5, 5.41) is 0.680. The molecule has 0 bridgehead atoms. The molecule has 0 saturated heterocycles. The van der Waals surface area contributed by atoms with Gasteiger partial charge in [-0.05, 0) is 38.5 Å². The van der Waals surface area contributed by atoms with Crippen LogP contribution in [0.15, 0.2) is 24.3 Å². The molecule has 134 valence electrons. The van der Waals surface area contributed by atoms with Crippen LogP contribution in [0.4, 0.5) is 0 Å². The lowest BCUT2D eigenvalue weighted by atomic mass is 10.3. The zero-order valence-electron chi connectivity index (χ0n) is 14.0. The van der Waals surface area contributed by atoms with Crippen LogP contribution in [0.2, 0.25) is 5.02 Å². The number of hydrogen-bond acceptors (Lipinski definition) is 7. The van der Waals surface area contributed by atoms with Crippen LogP contribution in [-0.2, 0) is 14.3 Å². The van der Waals surface area contributed by atoms with Crippen molar-refractivity contribution < 1.29 is 23.8 Å². The molecule has 1 unspecified atom stereocenters. The Kier molecular flexibility index (Phi) is 6.41. The van der Waals surface area contributed by atoms with Crippen LogP contribution in [0.5, 0.6) is 16.6 Å². The molecular formula is C17H18ClNO5S. The van der Waals surface area contributed by atoms with Gasteiger partial charge in [0.1, 0.15) is 5.75 Å². The van der Waals surface area contributed by atoms with Gasteiger partial charge in [0.2, 0.25) is 5.06 Å². The van der Waals surface area contributed by atoms with Crippen molar-refractivity contribution in [3.8, 4) is 16.6 Å². The summed E-state index contributed by atoms with van der Waals surface area (Å²) in [6, 6.07) is 6.81. The van der Waals surface area contributed by atoms with Gasteiger partial charge in [0.05, 0.1) is 0 Å². The first-order valence-electron chi connectivity index (χ1n) is 7.53. The van der Waals surface area contributed by atoms with Gasteiger partial charge in [-0.15, -0.1) is 0 Å². The molecule has 0 aliphatic heterocycles. The number of aryl methyl sites for hydroxylation is 1. The van der Waals surface area contributed by atoms with Crippen molar-refractivity contribution in [2.24, 2.45) is 5.73 Å². The Morgan fingerprint density at radius 2 is 2.00 bits per heavy atom. The van der Waals surface area contributed by atoms with E-state index in [0.717, 1.165) is 10.4 Å². The zero-order chi connectivity index (χ0) is 18.6. The quantitative estimate of drug-likeness (QED) is 0.477. The van der Waals surface area contributed by atoms with Gasteiger partial charge in [0, 0.05) is 15.5 Å². The van der Waals surface area contributed by atoms with Gasteiger partial charge < -0.3 is 14.2 Å². The van der Waals surface area contributed by atoms with Crippen LogP contribution in [-0.4, -0.2) is 18.2 Å². The maximum absolute atomic E-state index is 11.9. The topological polar surface area (TPSA) is 87.9 Å². The second-order valence-electron chi connectivity index (χ2n) is 5.20. The van der Waals surface area contributed by atoms with E-state index in [0.29, 0.717) is 22.9 Å². The van der Waals surface area contributed by atoms with Crippen LogP contribution >= 0.6 is 22.9 Å². The summed E-state index contributed by atoms with van der Waals surface area (Å²) in [4.78, 5) is 24.5. The number of halogens is 1. The number of thiophene rings is 1. The molecule has 6 nitrogen and oxygen atoms in total. The fourth-order valence-electron chi connectivity index (χ4n) is 1.80. The Morgan fingerprint density at radius 1 is 1.28 bits per heavy atom. The maximum atomic E-state index is 11.9. The van der Waals surface area contributed by atoms with Gasteiger partial charge in [-0.25, -0.2) is 9.59 Å². The van der Waals surface area contributed by atoms with Crippen molar-refractivity contribution >= 4 is 34.9 Å². The maximum Gasteiger partial charge on any atom is 0.423 e. The second-order valence-corrected chi connectivity index (χ2v) is 6.82. The van der Waals surface area contributed by atoms with E-state index in [1.165, 1.54) is 11.3 Å². The number of carbonyl (C=O) groups excluding carboxylic acids is 2. The SMILES string of the molecule is CCC(N)OC(=O)C(=O)Oc1sc(C)c(C)c1Oc1cccc(Cl)c1. The number of carbonyl (C=O) groups is 2. The van der Waals surface area contributed by atoms with E-state index in [1.807, 2.05) is 13.8 Å². The van der Waals surface area contributed by atoms with E-state index in [9.17, 15) is 9.59 Å². The summed E-state index contributed by atoms with van der Waals surface area (Å²) in [7, 11) is 0. The van der Waals surface area contributed by atoms with Crippen molar-refractivity contribution in [2.75, 3.05) is 0 Å². The molecule has 0 fully saturated rings. The minimum Gasteiger partial charge on any atom is -0.452 e. The Labute approximate surface area is 154 Å². The van der Waals surface area contributed by atoms with E-state index >= 15 is 0 Å². The predicted octanol–water partition coefficient (Wildman–Crippen LogP) is 3.95. The Morgan fingerprint density at radius 3 is 2.64 bits per heavy atom. The highest BCUT2D eigenvalue weighted by Crippen LogP contribution is 2.44. The standard InChI is InChI=1S/C17H18ClNO5S/c1-4-13(19)23-15(20)16(21)24-17-14(9(2)10(3)25-17)22-12-7-5-6-11(18)8-12/h5-8,13H,4,19H2,1-3H3. The number of benzene rings is 1. The molecule has 0 saturated carbocycles. The third kappa shape index (κ3) is 4.94. The van der Waals surface area contributed by atoms with Crippen molar-refractivity contribution in [1.82, 2.24) is 0 Å². The first-order chi connectivity index (χ1) is 11.8. The molecule has 2 N–H and O–H groups in total. The van der Waals surface area contributed by atoms with Crippen molar-refractivity contribution in [3.05, 3.63) is 39.7 Å². The van der Waals surface area contributed by atoms with Crippen LogP contribution in [0, 0.1) is 13.8 Å². The predicted molar refractivity (Wildman–Crippen MR) is 95.3 cm³/mol. The minimum atomic E-state index is -1.15. The van der Waals surface area contributed by atoms with Crippen molar-refractivity contribution in [2.45, 2.75) is 33.4 Å². The van der Waals surface area contributed by atoms with Gasteiger partial charge in [-0.3, -0.25) is 5.73 Å². The van der Waals surface area contributed by atoms with E-state index in [4.69, 9.17) is 31.5 Å². The molecule has 2 aromatic rings. The van der Waals surface area contributed by atoms with Gasteiger partial charge in [-0.2, -0.15) is 0 Å². The monoisotopic (exact) mass is 383 g/mol. The number of hydrogen-bond donors (Lipinski definition) is 1. The Balaban J connectivity index is 2.20. The van der Waals surface area contributed by atoms with Crippen LogP contribution in [0.1, 0.15) is 23.8 Å². The third-order valence-electron chi connectivity index (χ3n) is 3.33. The molecule has 0 radical (unpaired) electrons. The molecule has 1 aromatic heterocycles. The summed E-state index contributed by atoms with van der Waals surface area (Å²) in [6.07, 6.45) is -0.464. The van der Waals surface area contributed by atoms with Gasteiger partial charge in [0.25, 0.3) is 0 Å². The zero-order valence-corrected chi connectivity index (χ0v) is 15.6. The summed E-state index contributed by atoms with van der Waals surface area (Å²) in [5.74, 6) is -1.46. The minimum absolute atomic E-state index is 0.169. The van der Waals surface area contributed by atoms with E-state index in [2.05, 4.69) is 0 Å². The van der Waals surface area contributed by atoms with Gasteiger partial charge >= 0.3 is 11.9 Å². The molecule has 1 atom stereocenters. The highest BCUT2D eigenvalue weighted by atomic mass is 35.5. The highest BCUT2D eigenvalue weighted by Gasteiger charge is 2.25. The summed E-state index contributed by atoms with van der Waals surface area (Å²) >= 11 is 7.14. The fourth-order valence-corrected chi connectivity index (χ4v) is 2.91. The number of esters is 2. The van der Waals surface area contributed by atoms with E-state index in [-0.39, 0.29) is 5.06 Å². The van der Waals surface area contributed by atoms with Gasteiger partial charge in [-0.1, -0.05) is 35.9 Å². The number of nitrogens with two attached hydrogens (primary N) is 1. The number of ether oxygens (including phenoxy) is 3. The molecule has 0 aliphatic rings. The summed E-state index contributed by atoms with van der Waals surface area (Å²) < 4.78 is 15.7. The smallest absolute Gasteiger partial charge is 0.423 e. The molecule has 25 heavy (non-hydrogen) atoms. The van der Waals surface area contributed by atoms with E-state index < -0.39 is 18.2 Å². The molecule has 8 heteroatoms. The van der Waals surface area contributed by atoms with Crippen molar-refractivity contribution in [3.63, 3.8) is 0 Å². The lowest BCUT2D eigenvalue weighted by Crippen LogP contribution is -2.32. The van der Waals surface area contributed by atoms with Crippen molar-refractivity contribution in [1.29, 1.82) is 0 Å². The third-order valence-corrected chi connectivity index (χ3v) is 4.63. The summed E-state index contributed by atoms with van der Waals surface area (Å²) in [6.45, 7) is 5.41. The molecule has 0 spiro atoms. The highest BCUT2D eigenvalue weighted by molar-refractivity contribution is 7.14. The first kappa shape index (κ1) is 19.2. The average Bonchev–Trinajstić information content (AvgIpc) is 2.82. The Hall–Kier alpha value is -2.09. The second kappa shape index (κ2) is 8.33. The first-order valence-corrected chi connectivity index (χ1v) is 8.73. The number of rotatable bonds is 5. The van der Waals surface area contributed by atoms with Crippen LogP contribution < -0.4 is 15.2 Å². The van der Waals surface area contributed by atoms with Gasteiger partial charge in [0.15, 0.2) is 12.0 Å². The largest absolute Gasteiger partial charge is 0.452 e. The molecule has 0 aliphatic carbocycles. The molecular weight excluding hydrogens is 366 g/mol. The lowest BCUT2D eigenvalue weighted by molar-refractivity contribution is -0.165. The Bertz CT molecular complexity index is 789. The normalized spacial score (nSPS) is 11.7. The fraction of sp³-hybridized carbons (Fsp3) is 0.294. The average molecular weight is 384 g/mol. The molecule has 1 heterocycles. The molecule has 0 amide bonds. The molecule has 2 rings (SSSR count).